The van der Waals surface area contributed by atoms with Crippen molar-refractivity contribution in [3.63, 3.8) is 0 Å². The van der Waals surface area contributed by atoms with E-state index < -0.39 is 0 Å². The third-order valence-corrected chi connectivity index (χ3v) is 7.21. The van der Waals surface area contributed by atoms with Crippen LogP contribution in [0.2, 0.25) is 0 Å². The van der Waals surface area contributed by atoms with Gasteiger partial charge in [0.15, 0.2) is 5.78 Å². The smallest absolute Gasteiger partial charge is 0.168 e. The highest BCUT2D eigenvalue weighted by Gasteiger charge is 2.34. The zero-order valence-corrected chi connectivity index (χ0v) is 18.9. The minimum absolute atomic E-state index is 0. The lowest BCUT2D eigenvalue weighted by atomic mass is 9.77. The first-order valence-electron chi connectivity index (χ1n) is 11.1. The van der Waals surface area contributed by atoms with Gasteiger partial charge in [-0.2, -0.15) is 0 Å². The average molecular weight is 415 g/mol. The third kappa shape index (κ3) is 4.46. The van der Waals surface area contributed by atoms with E-state index in [-0.39, 0.29) is 18.3 Å². The van der Waals surface area contributed by atoms with Crippen LogP contribution in [0.25, 0.3) is 0 Å². The van der Waals surface area contributed by atoms with Crippen molar-refractivity contribution in [2.45, 2.75) is 58.9 Å². The highest BCUT2D eigenvalue weighted by Crippen LogP contribution is 2.36. The summed E-state index contributed by atoms with van der Waals surface area (Å²) in [4.78, 5) is 15.9. The number of likely N-dealkylation sites (tertiary alicyclic amines) is 1. The molecule has 0 spiro atoms. The highest BCUT2D eigenvalue weighted by atomic mass is 35.5. The van der Waals surface area contributed by atoms with Crippen LogP contribution in [0.15, 0.2) is 30.3 Å². The SMILES string of the molecule is CCc1c2c(n(C)c1C)CCC(CC1CCN(Cc3ccccc3)CC1)C2=O.Cl. The molecule has 3 nitrogen and oxygen atoms in total. The summed E-state index contributed by atoms with van der Waals surface area (Å²) in [5.41, 5.74) is 6.36. The number of nitrogens with zero attached hydrogens (tertiary/aromatic N) is 2. The third-order valence-electron chi connectivity index (χ3n) is 7.21. The Morgan fingerprint density at radius 1 is 1.07 bits per heavy atom. The Hall–Kier alpha value is -1.58. The normalized spacial score (nSPS) is 20.4. The van der Waals surface area contributed by atoms with Gasteiger partial charge in [-0.1, -0.05) is 37.3 Å². The molecule has 1 aromatic carbocycles. The summed E-state index contributed by atoms with van der Waals surface area (Å²) in [7, 11) is 2.13. The van der Waals surface area contributed by atoms with E-state index in [9.17, 15) is 4.79 Å². The lowest BCUT2D eigenvalue weighted by molar-refractivity contribution is 0.0851. The monoisotopic (exact) mass is 414 g/mol. The van der Waals surface area contributed by atoms with Crippen LogP contribution in [0.3, 0.4) is 0 Å². The number of halogens is 1. The van der Waals surface area contributed by atoms with Gasteiger partial charge in [-0.25, -0.2) is 0 Å². The molecule has 4 rings (SSSR count). The van der Waals surface area contributed by atoms with Crippen molar-refractivity contribution in [2.75, 3.05) is 13.1 Å². The molecule has 1 fully saturated rings. The first-order valence-corrected chi connectivity index (χ1v) is 11.1. The quantitative estimate of drug-likeness (QED) is 0.657. The molecule has 0 amide bonds. The molecule has 29 heavy (non-hydrogen) atoms. The predicted octanol–water partition coefficient (Wildman–Crippen LogP) is 5.37. The van der Waals surface area contributed by atoms with E-state index in [1.54, 1.807) is 0 Å². The van der Waals surface area contributed by atoms with Crippen molar-refractivity contribution >= 4 is 18.2 Å². The van der Waals surface area contributed by atoms with E-state index in [1.807, 2.05) is 0 Å². The van der Waals surface area contributed by atoms with Crippen LogP contribution in [0.4, 0.5) is 0 Å². The van der Waals surface area contributed by atoms with E-state index >= 15 is 0 Å². The highest BCUT2D eigenvalue weighted by molar-refractivity contribution is 6.01. The maximum atomic E-state index is 13.3. The Morgan fingerprint density at radius 2 is 1.76 bits per heavy atom. The van der Waals surface area contributed by atoms with Crippen molar-refractivity contribution in [3.05, 3.63) is 58.4 Å². The predicted molar refractivity (Wildman–Crippen MR) is 122 cm³/mol. The van der Waals surface area contributed by atoms with Crippen molar-refractivity contribution in [1.82, 2.24) is 9.47 Å². The Bertz CT molecular complexity index is 815. The molecule has 1 atom stereocenters. The number of carbonyl (C=O) groups excluding carboxylic acids is 1. The summed E-state index contributed by atoms with van der Waals surface area (Å²) in [6.07, 6.45) is 6.63. The number of hydrogen-bond donors (Lipinski definition) is 0. The van der Waals surface area contributed by atoms with Gasteiger partial charge in [0.2, 0.25) is 0 Å². The lowest BCUT2D eigenvalue weighted by Gasteiger charge is -2.34. The molecule has 1 aliphatic carbocycles. The fourth-order valence-corrected chi connectivity index (χ4v) is 5.44. The van der Waals surface area contributed by atoms with Crippen molar-refractivity contribution < 1.29 is 4.79 Å². The summed E-state index contributed by atoms with van der Waals surface area (Å²) >= 11 is 0. The van der Waals surface area contributed by atoms with Crippen molar-refractivity contribution in [1.29, 1.82) is 0 Å². The maximum absolute atomic E-state index is 13.3. The molecule has 0 radical (unpaired) electrons. The second kappa shape index (κ2) is 9.49. The molecule has 2 heterocycles. The molecule has 1 aliphatic heterocycles. The fraction of sp³-hybridized carbons (Fsp3) is 0.560. The van der Waals surface area contributed by atoms with Crippen molar-refractivity contribution in [3.8, 4) is 0 Å². The molecule has 0 saturated carbocycles. The first-order chi connectivity index (χ1) is 13.6. The van der Waals surface area contributed by atoms with Crippen LogP contribution >= 0.6 is 12.4 Å². The topological polar surface area (TPSA) is 25.2 Å². The van der Waals surface area contributed by atoms with Gasteiger partial charge >= 0.3 is 0 Å². The van der Waals surface area contributed by atoms with Crippen LogP contribution in [-0.2, 0) is 26.4 Å². The number of aromatic nitrogens is 1. The Morgan fingerprint density at radius 3 is 2.41 bits per heavy atom. The zero-order chi connectivity index (χ0) is 19.7. The summed E-state index contributed by atoms with van der Waals surface area (Å²) in [6.45, 7) is 7.74. The molecule has 1 unspecified atom stereocenters. The summed E-state index contributed by atoms with van der Waals surface area (Å²) in [6, 6.07) is 10.8. The Balaban J connectivity index is 0.00000240. The van der Waals surface area contributed by atoms with E-state index in [0.29, 0.717) is 11.7 Å². The van der Waals surface area contributed by atoms with Crippen LogP contribution in [0, 0.1) is 18.8 Å². The lowest BCUT2D eigenvalue weighted by Crippen LogP contribution is -2.35. The average Bonchev–Trinajstić information content (AvgIpc) is 2.97. The van der Waals surface area contributed by atoms with Gasteiger partial charge in [0, 0.05) is 36.5 Å². The standard InChI is InChI=1S/C25H34N2O.ClH/c1-4-22-18(2)26(3)23-11-10-21(25(28)24(22)23)16-19-12-14-27(15-13-19)17-20-8-6-5-7-9-20;/h5-9,19,21H,4,10-17H2,1-3H3;1H. The fourth-order valence-electron chi connectivity index (χ4n) is 5.44. The molecule has 1 saturated heterocycles. The molecule has 1 aromatic heterocycles. The molecular formula is C25H35ClN2O. The number of fused-ring (bicyclic) bond motifs is 1. The molecule has 0 N–H and O–H groups in total. The molecule has 2 aromatic rings. The first kappa shape index (κ1) is 22.1. The van der Waals surface area contributed by atoms with E-state index in [4.69, 9.17) is 0 Å². The van der Waals surface area contributed by atoms with Gasteiger partial charge in [-0.3, -0.25) is 9.69 Å². The minimum Gasteiger partial charge on any atom is -0.351 e. The second-order valence-corrected chi connectivity index (χ2v) is 8.84. The number of Topliss-reactive ketones (excluding diaryl/α,β-unsaturated/α-hetero) is 1. The van der Waals surface area contributed by atoms with Gasteiger partial charge in [-0.15, -0.1) is 12.4 Å². The number of piperidine rings is 1. The van der Waals surface area contributed by atoms with Crippen LogP contribution < -0.4 is 0 Å². The minimum atomic E-state index is 0. The summed E-state index contributed by atoms with van der Waals surface area (Å²) < 4.78 is 2.27. The van der Waals surface area contributed by atoms with Crippen LogP contribution in [0.1, 0.15) is 65.5 Å². The number of ketones is 1. The number of benzene rings is 1. The van der Waals surface area contributed by atoms with Gasteiger partial charge in [0.1, 0.15) is 0 Å². The van der Waals surface area contributed by atoms with Crippen LogP contribution in [-0.4, -0.2) is 28.3 Å². The molecule has 4 heteroatoms. The molecule has 158 valence electrons. The molecule has 2 aliphatic rings. The summed E-state index contributed by atoms with van der Waals surface area (Å²) in [5, 5.41) is 0. The molecule has 0 bridgehead atoms. The Kier molecular flexibility index (Phi) is 7.23. The largest absolute Gasteiger partial charge is 0.351 e. The van der Waals surface area contributed by atoms with Gasteiger partial charge in [0.25, 0.3) is 0 Å². The zero-order valence-electron chi connectivity index (χ0n) is 18.1. The second-order valence-electron chi connectivity index (χ2n) is 8.84. The Labute approximate surface area is 181 Å². The number of hydrogen-bond acceptors (Lipinski definition) is 2. The van der Waals surface area contributed by atoms with E-state index in [0.717, 1.165) is 50.9 Å². The van der Waals surface area contributed by atoms with Gasteiger partial charge < -0.3 is 4.57 Å². The van der Waals surface area contributed by atoms with E-state index in [2.05, 4.69) is 60.7 Å². The summed E-state index contributed by atoms with van der Waals surface area (Å²) in [5.74, 6) is 1.39. The maximum Gasteiger partial charge on any atom is 0.168 e. The number of carbonyl (C=O) groups is 1. The number of rotatable bonds is 5. The van der Waals surface area contributed by atoms with E-state index in [1.165, 1.54) is 35.4 Å². The van der Waals surface area contributed by atoms with Gasteiger partial charge in [-0.05, 0) is 75.6 Å². The molecular weight excluding hydrogens is 380 g/mol. The van der Waals surface area contributed by atoms with Crippen molar-refractivity contribution in [2.24, 2.45) is 18.9 Å². The van der Waals surface area contributed by atoms with Crippen LogP contribution in [0.5, 0.6) is 0 Å². The van der Waals surface area contributed by atoms with Gasteiger partial charge in [0.05, 0.1) is 0 Å².